The predicted octanol–water partition coefficient (Wildman–Crippen LogP) is 3.05. The van der Waals surface area contributed by atoms with E-state index in [0.29, 0.717) is 47.5 Å². The maximum atomic E-state index is 12.1. The number of aromatic nitrogens is 2. The average molecular weight is 411 g/mol. The predicted molar refractivity (Wildman–Crippen MR) is 111 cm³/mol. The lowest BCUT2D eigenvalue weighted by molar-refractivity contribution is -0.121. The van der Waals surface area contributed by atoms with Gasteiger partial charge in [0.1, 0.15) is 0 Å². The summed E-state index contributed by atoms with van der Waals surface area (Å²) >= 11 is 0. The van der Waals surface area contributed by atoms with Crippen LogP contribution in [0.4, 0.5) is 0 Å². The number of aryl methyl sites for hydroxylation is 1. The minimum Gasteiger partial charge on any atom is -0.493 e. The minimum atomic E-state index is -0.0570. The molecule has 2 aromatic carbocycles. The van der Waals surface area contributed by atoms with Gasteiger partial charge in [0.15, 0.2) is 11.5 Å². The minimum absolute atomic E-state index is 0.0570. The molecule has 3 rings (SSSR count). The van der Waals surface area contributed by atoms with Gasteiger partial charge in [0.25, 0.3) is 0 Å². The monoisotopic (exact) mass is 411 g/mol. The van der Waals surface area contributed by atoms with Crippen molar-refractivity contribution in [3.05, 3.63) is 53.9 Å². The zero-order valence-corrected chi connectivity index (χ0v) is 17.3. The van der Waals surface area contributed by atoms with Gasteiger partial charge in [-0.2, -0.15) is 4.98 Å². The van der Waals surface area contributed by atoms with E-state index in [4.69, 9.17) is 18.7 Å². The molecule has 0 bridgehead atoms. The van der Waals surface area contributed by atoms with E-state index in [2.05, 4.69) is 15.5 Å². The summed E-state index contributed by atoms with van der Waals surface area (Å²) in [5.41, 5.74) is 1.84. The van der Waals surface area contributed by atoms with Crippen molar-refractivity contribution < 1.29 is 23.5 Å². The standard InChI is InChI=1S/C22H25N3O5/c1-27-17-13-16(14-18(28-2)21(17)29-3)22-24-20(30-25-22)10-9-19(26)23-12-11-15-7-5-4-6-8-15/h4-8,13-14H,9-12H2,1-3H3,(H,23,26). The van der Waals surface area contributed by atoms with Crippen LogP contribution in [-0.4, -0.2) is 43.9 Å². The van der Waals surface area contributed by atoms with Crippen LogP contribution in [-0.2, 0) is 17.6 Å². The Hall–Kier alpha value is -3.55. The van der Waals surface area contributed by atoms with Gasteiger partial charge in [-0.05, 0) is 24.1 Å². The number of nitrogens with one attached hydrogen (secondary N) is 1. The first-order chi connectivity index (χ1) is 14.6. The van der Waals surface area contributed by atoms with Crippen LogP contribution in [0.1, 0.15) is 17.9 Å². The van der Waals surface area contributed by atoms with Gasteiger partial charge in [-0.15, -0.1) is 0 Å². The van der Waals surface area contributed by atoms with E-state index in [-0.39, 0.29) is 12.3 Å². The number of methoxy groups -OCH3 is 3. The van der Waals surface area contributed by atoms with Gasteiger partial charge in [0.2, 0.25) is 23.4 Å². The molecule has 3 aromatic rings. The van der Waals surface area contributed by atoms with Gasteiger partial charge in [-0.3, -0.25) is 4.79 Å². The summed E-state index contributed by atoms with van der Waals surface area (Å²) < 4.78 is 21.3. The number of ether oxygens (including phenoxy) is 3. The molecule has 0 spiro atoms. The first-order valence-electron chi connectivity index (χ1n) is 9.58. The molecule has 0 aliphatic heterocycles. The highest BCUT2D eigenvalue weighted by molar-refractivity contribution is 5.76. The molecule has 0 atom stereocenters. The van der Waals surface area contributed by atoms with Crippen molar-refractivity contribution >= 4 is 5.91 Å². The summed E-state index contributed by atoms with van der Waals surface area (Å²) in [4.78, 5) is 16.4. The molecule has 0 radical (unpaired) electrons. The number of hydrogen-bond acceptors (Lipinski definition) is 7. The second-order valence-electron chi connectivity index (χ2n) is 6.51. The fourth-order valence-electron chi connectivity index (χ4n) is 2.98. The van der Waals surface area contributed by atoms with E-state index < -0.39 is 0 Å². The zero-order chi connectivity index (χ0) is 21.3. The molecule has 1 amide bonds. The molecule has 8 nitrogen and oxygen atoms in total. The smallest absolute Gasteiger partial charge is 0.227 e. The van der Waals surface area contributed by atoms with Crippen LogP contribution in [0.2, 0.25) is 0 Å². The maximum absolute atomic E-state index is 12.1. The van der Waals surface area contributed by atoms with Gasteiger partial charge < -0.3 is 24.1 Å². The van der Waals surface area contributed by atoms with Crippen LogP contribution in [0.5, 0.6) is 17.2 Å². The number of benzene rings is 2. The Kier molecular flexibility index (Phi) is 7.26. The summed E-state index contributed by atoms with van der Waals surface area (Å²) in [6, 6.07) is 13.5. The summed E-state index contributed by atoms with van der Waals surface area (Å²) in [5, 5.41) is 6.91. The fourth-order valence-corrected chi connectivity index (χ4v) is 2.98. The first-order valence-corrected chi connectivity index (χ1v) is 9.58. The van der Waals surface area contributed by atoms with Crippen molar-refractivity contribution in [1.29, 1.82) is 0 Å². The summed E-state index contributed by atoms with van der Waals surface area (Å²) in [6.07, 6.45) is 1.42. The molecule has 1 heterocycles. The Morgan fingerprint density at radius 2 is 1.70 bits per heavy atom. The molecule has 0 saturated heterocycles. The Labute approximate surface area is 175 Å². The lowest BCUT2D eigenvalue weighted by atomic mass is 10.1. The third kappa shape index (κ3) is 5.28. The van der Waals surface area contributed by atoms with Crippen molar-refractivity contribution in [1.82, 2.24) is 15.5 Å². The number of amides is 1. The molecular formula is C22H25N3O5. The zero-order valence-electron chi connectivity index (χ0n) is 17.3. The SMILES string of the molecule is COc1cc(-c2noc(CCC(=O)NCCc3ccccc3)n2)cc(OC)c1OC. The van der Waals surface area contributed by atoms with Gasteiger partial charge >= 0.3 is 0 Å². The molecule has 1 aromatic heterocycles. The Morgan fingerprint density at radius 3 is 2.33 bits per heavy atom. The Balaban J connectivity index is 1.56. The molecular weight excluding hydrogens is 386 g/mol. The number of carbonyl (C=O) groups excluding carboxylic acids is 1. The number of nitrogens with zero attached hydrogens (tertiary/aromatic N) is 2. The van der Waals surface area contributed by atoms with Crippen molar-refractivity contribution in [2.75, 3.05) is 27.9 Å². The van der Waals surface area contributed by atoms with E-state index in [1.54, 1.807) is 26.4 Å². The normalized spacial score (nSPS) is 10.5. The lowest BCUT2D eigenvalue weighted by Gasteiger charge is -2.12. The number of rotatable bonds is 10. The van der Waals surface area contributed by atoms with E-state index in [1.807, 2.05) is 30.3 Å². The van der Waals surface area contributed by atoms with Crippen LogP contribution < -0.4 is 19.5 Å². The van der Waals surface area contributed by atoms with Gasteiger partial charge in [0, 0.05) is 24.9 Å². The molecule has 0 fully saturated rings. The van der Waals surface area contributed by atoms with Crippen LogP contribution in [0.15, 0.2) is 47.0 Å². The van der Waals surface area contributed by atoms with Crippen molar-refractivity contribution in [2.24, 2.45) is 0 Å². The summed E-state index contributed by atoms with van der Waals surface area (Å²) in [5.74, 6) is 2.19. The van der Waals surface area contributed by atoms with Crippen molar-refractivity contribution in [3.63, 3.8) is 0 Å². The van der Waals surface area contributed by atoms with Gasteiger partial charge in [0.05, 0.1) is 21.3 Å². The van der Waals surface area contributed by atoms with Gasteiger partial charge in [-0.1, -0.05) is 35.5 Å². The molecule has 0 unspecified atom stereocenters. The molecule has 0 aliphatic carbocycles. The second kappa shape index (κ2) is 10.3. The topological polar surface area (TPSA) is 95.7 Å². The Morgan fingerprint density at radius 1 is 1.00 bits per heavy atom. The van der Waals surface area contributed by atoms with Gasteiger partial charge in [-0.25, -0.2) is 0 Å². The highest BCUT2D eigenvalue weighted by Gasteiger charge is 2.17. The third-order valence-corrected chi connectivity index (χ3v) is 4.54. The molecule has 158 valence electrons. The average Bonchev–Trinajstić information content (AvgIpc) is 3.26. The number of carbonyl (C=O) groups is 1. The quantitative estimate of drug-likeness (QED) is 0.548. The Bertz CT molecular complexity index is 947. The largest absolute Gasteiger partial charge is 0.493 e. The highest BCUT2D eigenvalue weighted by Crippen LogP contribution is 2.40. The van der Waals surface area contributed by atoms with Crippen LogP contribution in [0.3, 0.4) is 0 Å². The summed E-state index contributed by atoms with van der Waals surface area (Å²) in [7, 11) is 4.62. The van der Waals surface area contributed by atoms with E-state index in [0.717, 1.165) is 6.42 Å². The highest BCUT2D eigenvalue weighted by atomic mass is 16.5. The molecule has 0 aliphatic rings. The van der Waals surface area contributed by atoms with Crippen LogP contribution >= 0.6 is 0 Å². The van der Waals surface area contributed by atoms with E-state index in [9.17, 15) is 4.79 Å². The molecule has 0 saturated carbocycles. The third-order valence-electron chi connectivity index (χ3n) is 4.54. The van der Waals surface area contributed by atoms with Crippen LogP contribution in [0, 0.1) is 0 Å². The number of hydrogen-bond donors (Lipinski definition) is 1. The lowest BCUT2D eigenvalue weighted by Crippen LogP contribution is -2.25. The first kappa shape index (κ1) is 21.2. The van der Waals surface area contributed by atoms with Crippen LogP contribution in [0.25, 0.3) is 11.4 Å². The maximum Gasteiger partial charge on any atom is 0.227 e. The second-order valence-corrected chi connectivity index (χ2v) is 6.51. The van der Waals surface area contributed by atoms with E-state index >= 15 is 0 Å². The molecule has 1 N–H and O–H groups in total. The fraction of sp³-hybridized carbons (Fsp3) is 0.318. The molecule has 8 heteroatoms. The summed E-state index contributed by atoms with van der Waals surface area (Å²) in [6.45, 7) is 0.587. The van der Waals surface area contributed by atoms with Crippen molar-refractivity contribution in [2.45, 2.75) is 19.3 Å². The molecule has 30 heavy (non-hydrogen) atoms. The van der Waals surface area contributed by atoms with Crippen molar-refractivity contribution in [3.8, 4) is 28.6 Å². The van der Waals surface area contributed by atoms with E-state index in [1.165, 1.54) is 12.7 Å².